The highest BCUT2D eigenvalue weighted by Crippen LogP contribution is 2.59. The minimum Gasteiger partial charge on any atom is -0.297 e. The van der Waals surface area contributed by atoms with Gasteiger partial charge in [-0.05, 0) is 25.7 Å². The van der Waals surface area contributed by atoms with E-state index < -0.39 is 10.8 Å². The molecule has 0 bridgehead atoms. The van der Waals surface area contributed by atoms with Gasteiger partial charge in [0.25, 0.3) is 0 Å². The summed E-state index contributed by atoms with van der Waals surface area (Å²) < 4.78 is 0. The van der Waals surface area contributed by atoms with Gasteiger partial charge in [0.1, 0.15) is 0 Å². The first kappa shape index (κ1) is 12.4. The predicted octanol–water partition coefficient (Wildman–Crippen LogP) is 3.82. The van der Waals surface area contributed by atoms with Crippen molar-refractivity contribution in [2.45, 2.75) is 77.0 Å². The number of carbonyl (C=O) groups excluding carboxylic acids is 2. The lowest BCUT2D eigenvalue weighted by molar-refractivity contribution is -0.174. The molecule has 3 fully saturated rings. The molecular formula is C16H24O2. The van der Waals surface area contributed by atoms with Gasteiger partial charge in [0.05, 0.1) is 10.8 Å². The molecule has 0 aromatic heterocycles. The van der Waals surface area contributed by atoms with Crippen LogP contribution in [0.3, 0.4) is 0 Å². The summed E-state index contributed by atoms with van der Waals surface area (Å²) in [5, 5.41) is 0. The predicted molar refractivity (Wildman–Crippen MR) is 70.3 cm³/mol. The molecule has 3 aliphatic carbocycles. The van der Waals surface area contributed by atoms with Crippen molar-refractivity contribution in [2.75, 3.05) is 0 Å². The number of rotatable bonds is 0. The molecule has 0 unspecified atom stereocenters. The van der Waals surface area contributed by atoms with E-state index in [0.717, 1.165) is 51.4 Å². The van der Waals surface area contributed by atoms with Crippen LogP contribution < -0.4 is 0 Å². The summed E-state index contributed by atoms with van der Waals surface area (Å²) in [6.45, 7) is 0. The molecule has 0 N–H and O–H groups in total. The van der Waals surface area contributed by atoms with Gasteiger partial charge in [-0.2, -0.15) is 0 Å². The second-order valence-corrected chi connectivity index (χ2v) is 6.65. The summed E-state index contributed by atoms with van der Waals surface area (Å²) in [6, 6.07) is 0. The van der Waals surface area contributed by atoms with Crippen LogP contribution in [0.4, 0.5) is 0 Å². The Labute approximate surface area is 110 Å². The summed E-state index contributed by atoms with van der Waals surface area (Å²) in [7, 11) is 0. The van der Waals surface area contributed by atoms with Crippen molar-refractivity contribution < 1.29 is 9.59 Å². The molecule has 2 spiro atoms. The molecule has 0 aliphatic heterocycles. The lowest BCUT2D eigenvalue weighted by Gasteiger charge is -2.52. The van der Waals surface area contributed by atoms with Crippen molar-refractivity contribution in [2.24, 2.45) is 10.8 Å². The highest BCUT2D eigenvalue weighted by Gasteiger charge is 2.69. The molecule has 3 rings (SSSR count). The van der Waals surface area contributed by atoms with Crippen LogP contribution in [0.15, 0.2) is 0 Å². The van der Waals surface area contributed by atoms with E-state index in [1.54, 1.807) is 0 Å². The Hall–Kier alpha value is -0.660. The van der Waals surface area contributed by atoms with Gasteiger partial charge in [0.2, 0.25) is 0 Å². The number of ketones is 2. The zero-order chi connectivity index (χ0) is 12.6. The summed E-state index contributed by atoms with van der Waals surface area (Å²) in [4.78, 5) is 25.6. The molecule has 0 amide bonds. The molecule has 0 aromatic carbocycles. The van der Waals surface area contributed by atoms with Gasteiger partial charge in [-0.3, -0.25) is 9.59 Å². The minimum absolute atomic E-state index is 0.351. The van der Waals surface area contributed by atoms with Crippen LogP contribution in [0.25, 0.3) is 0 Å². The van der Waals surface area contributed by atoms with E-state index >= 15 is 0 Å². The summed E-state index contributed by atoms with van der Waals surface area (Å²) >= 11 is 0. The third kappa shape index (κ3) is 1.53. The highest BCUT2D eigenvalue weighted by molar-refractivity contribution is 6.30. The van der Waals surface area contributed by atoms with Crippen LogP contribution in [0, 0.1) is 10.8 Å². The Morgan fingerprint density at radius 2 is 0.778 bits per heavy atom. The van der Waals surface area contributed by atoms with Crippen molar-refractivity contribution in [1.29, 1.82) is 0 Å². The lowest BCUT2D eigenvalue weighted by Crippen LogP contribution is -2.66. The van der Waals surface area contributed by atoms with Gasteiger partial charge in [0, 0.05) is 0 Å². The fourth-order valence-electron chi connectivity index (χ4n) is 4.63. The molecule has 2 nitrogen and oxygen atoms in total. The van der Waals surface area contributed by atoms with E-state index in [9.17, 15) is 9.59 Å². The van der Waals surface area contributed by atoms with E-state index in [0.29, 0.717) is 11.6 Å². The number of carbonyl (C=O) groups is 2. The average molecular weight is 248 g/mol. The van der Waals surface area contributed by atoms with Crippen LogP contribution in [0.2, 0.25) is 0 Å². The zero-order valence-electron chi connectivity index (χ0n) is 11.3. The molecule has 0 atom stereocenters. The second kappa shape index (κ2) is 4.47. The van der Waals surface area contributed by atoms with E-state index in [1.807, 2.05) is 0 Å². The maximum atomic E-state index is 12.8. The fourth-order valence-corrected chi connectivity index (χ4v) is 4.63. The molecule has 18 heavy (non-hydrogen) atoms. The van der Waals surface area contributed by atoms with Crippen molar-refractivity contribution in [3.63, 3.8) is 0 Å². The molecule has 2 heteroatoms. The number of Topliss-reactive ketones (excluding diaryl/α,β-unsaturated/α-hetero) is 2. The Kier molecular flexibility index (Phi) is 3.07. The fraction of sp³-hybridized carbons (Fsp3) is 0.875. The van der Waals surface area contributed by atoms with Crippen LogP contribution in [0.5, 0.6) is 0 Å². The molecule has 0 heterocycles. The normalized spacial score (nSPS) is 30.9. The lowest BCUT2D eigenvalue weighted by atomic mass is 9.46. The minimum atomic E-state index is -0.513. The van der Waals surface area contributed by atoms with Crippen molar-refractivity contribution in [3.05, 3.63) is 0 Å². The maximum absolute atomic E-state index is 12.8. The van der Waals surface area contributed by atoms with Crippen LogP contribution in [-0.4, -0.2) is 11.6 Å². The first-order valence-electron chi connectivity index (χ1n) is 7.82. The quantitative estimate of drug-likeness (QED) is 0.611. The van der Waals surface area contributed by atoms with Gasteiger partial charge >= 0.3 is 0 Å². The standard InChI is InChI=1S/C16H24O2/c17-13-15(9-5-1-2-6-10-15)14(18)16(13)11-7-3-4-8-12-16/h1-12H2. The zero-order valence-corrected chi connectivity index (χ0v) is 11.3. The maximum Gasteiger partial charge on any atom is 0.159 e. The Morgan fingerprint density at radius 3 is 1.06 bits per heavy atom. The molecule has 3 aliphatic rings. The van der Waals surface area contributed by atoms with Crippen LogP contribution in [-0.2, 0) is 9.59 Å². The first-order valence-corrected chi connectivity index (χ1v) is 7.82. The largest absolute Gasteiger partial charge is 0.297 e. The topological polar surface area (TPSA) is 34.1 Å². The third-order valence-corrected chi connectivity index (χ3v) is 5.65. The number of hydrogen-bond acceptors (Lipinski definition) is 2. The molecule has 0 radical (unpaired) electrons. The first-order chi connectivity index (χ1) is 8.72. The van der Waals surface area contributed by atoms with Crippen LogP contribution in [0.1, 0.15) is 77.0 Å². The van der Waals surface area contributed by atoms with Gasteiger partial charge in [-0.1, -0.05) is 51.4 Å². The molecule has 0 aromatic rings. The molecule has 3 saturated carbocycles. The molecule has 0 saturated heterocycles. The summed E-state index contributed by atoms with van der Waals surface area (Å²) in [5.74, 6) is 0.701. The third-order valence-electron chi connectivity index (χ3n) is 5.65. The molecule has 100 valence electrons. The Balaban J connectivity index is 1.85. The average Bonchev–Trinajstić information content (AvgIpc) is 2.80. The van der Waals surface area contributed by atoms with Gasteiger partial charge < -0.3 is 0 Å². The van der Waals surface area contributed by atoms with Crippen LogP contribution >= 0.6 is 0 Å². The van der Waals surface area contributed by atoms with Gasteiger partial charge in [-0.15, -0.1) is 0 Å². The Bertz CT molecular complexity index is 301. The van der Waals surface area contributed by atoms with Crippen molar-refractivity contribution >= 4 is 11.6 Å². The van der Waals surface area contributed by atoms with E-state index in [4.69, 9.17) is 0 Å². The van der Waals surface area contributed by atoms with Gasteiger partial charge in [-0.25, -0.2) is 0 Å². The summed E-state index contributed by atoms with van der Waals surface area (Å²) in [6.07, 6.45) is 12.5. The highest BCUT2D eigenvalue weighted by atomic mass is 16.2. The van der Waals surface area contributed by atoms with E-state index in [1.165, 1.54) is 25.7 Å². The molecular weight excluding hydrogens is 224 g/mol. The van der Waals surface area contributed by atoms with E-state index in [-0.39, 0.29) is 0 Å². The Morgan fingerprint density at radius 1 is 0.500 bits per heavy atom. The summed E-state index contributed by atoms with van der Waals surface area (Å²) in [5.41, 5.74) is -1.03. The number of hydrogen-bond donors (Lipinski definition) is 0. The monoisotopic (exact) mass is 248 g/mol. The van der Waals surface area contributed by atoms with Crippen molar-refractivity contribution in [1.82, 2.24) is 0 Å². The van der Waals surface area contributed by atoms with Gasteiger partial charge in [0.15, 0.2) is 11.6 Å². The van der Waals surface area contributed by atoms with Crippen molar-refractivity contribution in [3.8, 4) is 0 Å². The smallest absolute Gasteiger partial charge is 0.159 e. The van der Waals surface area contributed by atoms with E-state index in [2.05, 4.69) is 0 Å². The SMILES string of the molecule is O=C1C2(CCCCCC2)C(=O)C12CCCCCC2. The second-order valence-electron chi connectivity index (χ2n) is 6.65.